The third-order valence-corrected chi connectivity index (χ3v) is 1.63. The van der Waals surface area contributed by atoms with E-state index in [4.69, 9.17) is 9.47 Å². The van der Waals surface area contributed by atoms with Crippen molar-refractivity contribution in [2.45, 2.75) is 12.5 Å². The monoisotopic (exact) mass is 156 g/mol. The second kappa shape index (κ2) is 3.44. The van der Waals surface area contributed by atoms with Crippen LogP contribution in [0, 0.1) is 0 Å². The number of aliphatic hydroxyl groups is 1. The zero-order chi connectivity index (χ0) is 8.27. The Hall–Kier alpha value is -0.960. The van der Waals surface area contributed by atoms with Gasteiger partial charge in [-0.2, -0.15) is 0 Å². The molecule has 3 nitrogen and oxygen atoms in total. The average molecular weight is 156 g/mol. The fourth-order valence-electron chi connectivity index (χ4n) is 0.976. The number of hydrogen-bond donors (Lipinski definition) is 1. The van der Waals surface area contributed by atoms with E-state index in [1.54, 1.807) is 13.2 Å². The molecule has 1 aliphatic carbocycles. The first-order chi connectivity index (χ1) is 5.27. The van der Waals surface area contributed by atoms with Gasteiger partial charge in [-0.3, -0.25) is 0 Å². The third-order valence-electron chi connectivity index (χ3n) is 1.63. The van der Waals surface area contributed by atoms with E-state index in [1.807, 2.05) is 6.08 Å². The number of rotatable bonds is 2. The van der Waals surface area contributed by atoms with E-state index in [0.717, 1.165) is 5.76 Å². The van der Waals surface area contributed by atoms with Crippen molar-refractivity contribution < 1.29 is 14.6 Å². The zero-order valence-corrected chi connectivity index (χ0v) is 6.70. The summed E-state index contributed by atoms with van der Waals surface area (Å²) in [4.78, 5) is 0. The van der Waals surface area contributed by atoms with Crippen LogP contribution in [0.25, 0.3) is 0 Å². The Bertz CT molecular complexity index is 194. The van der Waals surface area contributed by atoms with Crippen LogP contribution in [0.2, 0.25) is 0 Å². The highest BCUT2D eigenvalue weighted by atomic mass is 16.5. The minimum Gasteiger partial charge on any atom is -0.498 e. The van der Waals surface area contributed by atoms with E-state index in [-0.39, 0.29) is 0 Å². The molecule has 0 fully saturated rings. The molecule has 0 spiro atoms. The normalized spacial score (nSPS) is 23.7. The summed E-state index contributed by atoms with van der Waals surface area (Å²) in [5.41, 5.74) is 0. The van der Waals surface area contributed by atoms with Crippen LogP contribution in [-0.2, 0) is 9.47 Å². The maximum atomic E-state index is 9.29. The van der Waals surface area contributed by atoms with E-state index in [1.165, 1.54) is 7.11 Å². The van der Waals surface area contributed by atoms with Crippen LogP contribution in [0.15, 0.2) is 23.7 Å². The lowest BCUT2D eigenvalue weighted by atomic mass is 10.1. The van der Waals surface area contributed by atoms with E-state index in [2.05, 4.69) is 0 Å². The summed E-state index contributed by atoms with van der Waals surface area (Å²) in [6.45, 7) is 0. The molecule has 0 saturated heterocycles. The van der Waals surface area contributed by atoms with Gasteiger partial charge in [0, 0.05) is 12.5 Å². The molecule has 0 aromatic carbocycles. The van der Waals surface area contributed by atoms with Crippen molar-refractivity contribution in [3.05, 3.63) is 23.7 Å². The van der Waals surface area contributed by atoms with E-state index >= 15 is 0 Å². The Morgan fingerprint density at radius 1 is 1.45 bits per heavy atom. The highest BCUT2D eigenvalue weighted by molar-refractivity contribution is 5.23. The molecule has 11 heavy (non-hydrogen) atoms. The van der Waals surface area contributed by atoms with Crippen LogP contribution in [0.3, 0.4) is 0 Å². The van der Waals surface area contributed by atoms with Crippen LogP contribution in [0.4, 0.5) is 0 Å². The SMILES string of the molecule is COC1=CCC(O)C(OC)=C1. The summed E-state index contributed by atoms with van der Waals surface area (Å²) < 4.78 is 9.89. The molecule has 0 heterocycles. The Labute approximate surface area is 65.9 Å². The fraction of sp³-hybridized carbons (Fsp3) is 0.500. The third kappa shape index (κ3) is 1.74. The van der Waals surface area contributed by atoms with Gasteiger partial charge in [-0.05, 0) is 6.08 Å². The number of ether oxygens (including phenoxy) is 2. The highest BCUT2D eigenvalue weighted by Gasteiger charge is 2.15. The van der Waals surface area contributed by atoms with E-state index < -0.39 is 6.10 Å². The fourth-order valence-corrected chi connectivity index (χ4v) is 0.976. The zero-order valence-electron chi connectivity index (χ0n) is 6.70. The van der Waals surface area contributed by atoms with Crippen LogP contribution in [-0.4, -0.2) is 25.4 Å². The first-order valence-electron chi connectivity index (χ1n) is 3.45. The first kappa shape index (κ1) is 8.14. The smallest absolute Gasteiger partial charge is 0.128 e. The van der Waals surface area contributed by atoms with Crippen molar-refractivity contribution in [3.8, 4) is 0 Å². The first-order valence-corrected chi connectivity index (χ1v) is 3.45. The summed E-state index contributed by atoms with van der Waals surface area (Å²) in [6, 6.07) is 0. The summed E-state index contributed by atoms with van der Waals surface area (Å²) >= 11 is 0. The summed E-state index contributed by atoms with van der Waals surface area (Å²) in [5.74, 6) is 1.30. The molecule has 0 aromatic heterocycles. The number of methoxy groups -OCH3 is 2. The average Bonchev–Trinajstić information content (AvgIpc) is 2.05. The van der Waals surface area contributed by atoms with E-state index in [9.17, 15) is 5.11 Å². The Balaban J connectivity index is 2.71. The van der Waals surface area contributed by atoms with Crippen LogP contribution >= 0.6 is 0 Å². The van der Waals surface area contributed by atoms with Gasteiger partial charge in [0.15, 0.2) is 0 Å². The molecular weight excluding hydrogens is 144 g/mol. The maximum absolute atomic E-state index is 9.29. The van der Waals surface area contributed by atoms with Gasteiger partial charge in [-0.25, -0.2) is 0 Å². The quantitative estimate of drug-likeness (QED) is 0.643. The van der Waals surface area contributed by atoms with Crippen molar-refractivity contribution in [1.82, 2.24) is 0 Å². The summed E-state index contributed by atoms with van der Waals surface area (Å²) in [6.07, 6.45) is 3.56. The van der Waals surface area contributed by atoms with Gasteiger partial charge < -0.3 is 14.6 Å². The van der Waals surface area contributed by atoms with Gasteiger partial charge in [-0.1, -0.05) is 0 Å². The van der Waals surface area contributed by atoms with Crippen molar-refractivity contribution in [2.75, 3.05) is 14.2 Å². The van der Waals surface area contributed by atoms with Gasteiger partial charge in [0.1, 0.15) is 17.6 Å². The second-order valence-electron chi connectivity index (χ2n) is 2.31. The van der Waals surface area contributed by atoms with Crippen molar-refractivity contribution >= 4 is 0 Å². The molecule has 0 bridgehead atoms. The van der Waals surface area contributed by atoms with Gasteiger partial charge in [0.05, 0.1) is 14.2 Å². The predicted octanol–water partition coefficient (Wildman–Crippen LogP) is 0.812. The lowest BCUT2D eigenvalue weighted by Crippen LogP contribution is -2.14. The molecule has 0 saturated carbocycles. The minimum absolute atomic E-state index is 0.515. The molecule has 1 unspecified atom stereocenters. The lowest BCUT2D eigenvalue weighted by Gasteiger charge is -2.17. The van der Waals surface area contributed by atoms with Gasteiger partial charge >= 0.3 is 0 Å². The molecule has 0 amide bonds. The second-order valence-corrected chi connectivity index (χ2v) is 2.31. The van der Waals surface area contributed by atoms with Gasteiger partial charge in [0.25, 0.3) is 0 Å². The van der Waals surface area contributed by atoms with Crippen molar-refractivity contribution in [1.29, 1.82) is 0 Å². The highest BCUT2D eigenvalue weighted by Crippen LogP contribution is 2.18. The molecule has 1 aliphatic rings. The molecule has 0 radical (unpaired) electrons. The lowest BCUT2D eigenvalue weighted by molar-refractivity contribution is 0.123. The number of allylic oxidation sites excluding steroid dienone is 1. The molecular formula is C8H12O3. The van der Waals surface area contributed by atoms with Gasteiger partial charge in [-0.15, -0.1) is 0 Å². The molecule has 1 rings (SSSR count). The molecule has 0 aliphatic heterocycles. The summed E-state index contributed by atoms with van der Waals surface area (Å²) in [7, 11) is 3.13. The topological polar surface area (TPSA) is 38.7 Å². The molecule has 62 valence electrons. The van der Waals surface area contributed by atoms with E-state index in [0.29, 0.717) is 12.2 Å². The Kier molecular flexibility index (Phi) is 2.54. The summed E-state index contributed by atoms with van der Waals surface area (Å²) in [5, 5.41) is 9.29. The number of hydrogen-bond acceptors (Lipinski definition) is 3. The standard InChI is InChI=1S/C8H12O3/c1-10-6-3-4-7(9)8(5-6)11-2/h3,5,7,9H,4H2,1-2H3. The Morgan fingerprint density at radius 2 is 2.18 bits per heavy atom. The molecule has 0 aromatic rings. The largest absolute Gasteiger partial charge is 0.498 e. The minimum atomic E-state index is -0.515. The molecule has 3 heteroatoms. The Morgan fingerprint density at radius 3 is 2.73 bits per heavy atom. The van der Waals surface area contributed by atoms with Crippen molar-refractivity contribution in [2.24, 2.45) is 0 Å². The van der Waals surface area contributed by atoms with Crippen LogP contribution < -0.4 is 0 Å². The predicted molar refractivity (Wildman–Crippen MR) is 40.8 cm³/mol. The maximum Gasteiger partial charge on any atom is 0.128 e. The van der Waals surface area contributed by atoms with Crippen molar-refractivity contribution in [3.63, 3.8) is 0 Å². The van der Waals surface area contributed by atoms with Crippen LogP contribution in [0.1, 0.15) is 6.42 Å². The van der Waals surface area contributed by atoms with Crippen LogP contribution in [0.5, 0.6) is 0 Å². The van der Waals surface area contributed by atoms with Gasteiger partial charge in [0.2, 0.25) is 0 Å². The number of aliphatic hydroxyl groups excluding tert-OH is 1. The molecule has 1 atom stereocenters. The molecule has 1 N–H and O–H groups in total.